The van der Waals surface area contributed by atoms with Crippen molar-refractivity contribution < 1.29 is 14.2 Å². The van der Waals surface area contributed by atoms with Gasteiger partial charge in [-0.3, -0.25) is 0 Å². The summed E-state index contributed by atoms with van der Waals surface area (Å²) >= 11 is 3.49. The number of hydrogen-bond donors (Lipinski definition) is 0. The molecule has 1 aromatic rings. The predicted octanol–water partition coefficient (Wildman–Crippen LogP) is 3.24. The number of benzene rings is 1. The number of rotatable bonds is 4. The lowest BCUT2D eigenvalue weighted by Gasteiger charge is -2.23. The van der Waals surface area contributed by atoms with E-state index in [1.807, 2.05) is 12.1 Å². The van der Waals surface area contributed by atoms with E-state index in [0.29, 0.717) is 24.0 Å². The number of hydrogen-bond acceptors (Lipinski definition) is 3. The largest absolute Gasteiger partial charge is 0.493 e. The minimum Gasteiger partial charge on any atom is -0.493 e. The van der Waals surface area contributed by atoms with Gasteiger partial charge in [0.1, 0.15) is 0 Å². The molecule has 1 fully saturated rings. The van der Waals surface area contributed by atoms with Gasteiger partial charge in [-0.15, -0.1) is 6.42 Å². The fourth-order valence-corrected chi connectivity index (χ4v) is 2.62. The van der Waals surface area contributed by atoms with Crippen LogP contribution in [0, 0.1) is 18.3 Å². The summed E-state index contributed by atoms with van der Waals surface area (Å²) in [6.07, 6.45) is 7.53. The second kappa shape index (κ2) is 6.83. The molecule has 1 aliphatic heterocycles. The molecule has 0 aromatic heterocycles. The van der Waals surface area contributed by atoms with E-state index in [4.69, 9.17) is 20.6 Å². The van der Waals surface area contributed by atoms with Crippen LogP contribution in [0.25, 0.3) is 0 Å². The molecule has 1 saturated heterocycles. The van der Waals surface area contributed by atoms with Crippen LogP contribution < -0.4 is 9.47 Å². The highest BCUT2D eigenvalue weighted by Crippen LogP contribution is 2.38. The van der Waals surface area contributed by atoms with Gasteiger partial charge in [0.15, 0.2) is 11.5 Å². The first-order chi connectivity index (χ1) is 9.26. The van der Waals surface area contributed by atoms with Gasteiger partial charge in [-0.2, -0.15) is 0 Å². The molecule has 19 heavy (non-hydrogen) atoms. The molecule has 0 saturated carbocycles. The highest BCUT2D eigenvalue weighted by molar-refractivity contribution is 9.10. The molecular weight excluding hydrogens is 308 g/mol. The van der Waals surface area contributed by atoms with Gasteiger partial charge in [0.05, 0.1) is 18.2 Å². The molecule has 0 spiro atoms. The Morgan fingerprint density at radius 2 is 2.16 bits per heavy atom. The first-order valence-electron chi connectivity index (χ1n) is 6.30. The second-order valence-electron chi connectivity index (χ2n) is 4.47. The number of terminal acetylenes is 1. The normalized spacial score (nSPS) is 15.8. The van der Waals surface area contributed by atoms with Crippen molar-refractivity contribution in [1.82, 2.24) is 0 Å². The molecule has 0 radical (unpaired) electrons. The Balaban J connectivity index is 2.11. The van der Waals surface area contributed by atoms with Gasteiger partial charge in [-0.1, -0.05) is 5.92 Å². The minimum atomic E-state index is 0.528. The fourth-order valence-electron chi connectivity index (χ4n) is 2.06. The fraction of sp³-hybridized carbons (Fsp3) is 0.467. The van der Waals surface area contributed by atoms with E-state index in [1.54, 1.807) is 7.11 Å². The van der Waals surface area contributed by atoms with Gasteiger partial charge in [-0.05, 0) is 46.8 Å². The molecule has 2 rings (SSSR count). The average Bonchev–Trinajstić information content (AvgIpc) is 2.46. The first-order valence-corrected chi connectivity index (χ1v) is 7.09. The molecule has 0 amide bonds. The summed E-state index contributed by atoms with van der Waals surface area (Å²) in [5.41, 5.74) is 0.766. The number of halogens is 1. The van der Waals surface area contributed by atoms with Crippen molar-refractivity contribution in [2.75, 3.05) is 26.9 Å². The molecule has 4 heteroatoms. The van der Waals surface area contributed by atoms with E-state index in [9.17, 15) is 0 Å². The van der Waals surface area contributed by atoms with Gasteiger partial charge >= 0.3 is 0 Å². The van der Waals surface area contributed by atoms with Gasteiger partial charge in [0.25, 0.3) is 0 Å². The average molecular weight is 325 g/mol. The molecule has 0 aliphatic carbocycles. The Bertz CT molecular complexity index is 473. The van der Waals surface area contributed by atoms with Gasteiger partial charge < -0.3 is 14.2 Å². The SMILES string of the molecule is C#Cc1ccc(OC)c(OCC2CCOCC2)c1Br. The summed E-state index contributed by atoms with van der Waals surface area (Å²) in [5, 5.41) is 0. The van der Waals surface area contributed by atoms with Crippen molar-refractivity contribution in [1.29, 1.82) is 0 Å². The third kappa shape index (κ3) is 3.43. The van der Waals surface area contributed by atoms with E-state index in [0.717, 1.165) is 36.1 Å². The van der Waals surface area contributed by atoms with E-state index in [1.165, 1.54) is 0 Å². The summed E-state index contributed by atoms with van der Waals surface area (Å²) in [6, 6.07) is 3.67. The van der Waals surface area contributed by atoms with Crippen LogP contribution in [-0.2, 0) is 4.74 Å². The summed E-state index contributed by atoms with van der Waals surface area (Å²) in [7, 11) is 1.62. The lowest BCUT2D eigenvalue weighted by atomic mass is 10.0. The van der Waals surface area contributed by atoms with E-state index >= 15 is 0 Å². The molecule has 1 aromatic carbocycles. The Hall–Kier alpha value is -1.18. The molecule has 0 unspecified atom stereocenters. The highest BCUT2D eigenvalue weighted by atomic mass is 79.9. The van der Waals surface area contributed by atoms with Crippen LogP contribution in [0.5, 0.6) is 11.5 Å². The van der Waals surface area contributed by atoms with Crippen molar-refractivity contribution in [3.63, 3.8) is 0 Å². The van der Waals surface area contributed by atoms with Gasteiger partial charge in [0.2, 0.25) is 0 Å². The first kappa shape index (κ1) is 14.2. The van der Waals surface area contributed by atoms with Crippen LogP contribution in [0.2, 0.25) is 0 Å². The van der Waals surface area contributed by atoms with Crippen molar-refractivity contribution >= 4 is 15.9 Å². The van der Waals surface area contributed by atoms with E-state index in [2.05, 4.69) is 21.9 Å². The number of ether oxygens (including phenoxy) is 3. The molecule has 1 heterocycles. The van der Waals surface area contributed by atoms with Gasteiger partial charge in [-0.25, -0.2) is 0 Å². The van der Waals surface area contributed by atoms with E-state index < -0.39 is 0 Å². The second-order valence-corrected chi connectivity index (χ2v) is 5.26. The zero-order chi connectivity index (χ0) is 13.7. The third-order valence-corrected chi connectivity index (χ3v) is 4.03. The smallest absolute Gasteiger partial charge is 0.176 e. The van der Waals surface area contributed by atoms with Crippen LogP contribution in [0.3, 0.4) is 0 Å². The van der Waals surface area contributed by atoms with Crippen LogP contribution in [-0.4, -0.2) is 26.9 Å². The van der Waals surface area contributed by atoms with Crippen LogP contribution >= 0.6 is 15.9 Å². The maximum absolute atomic E-state index is 5.92. The maximum atomic E-state index is 5.92. The van der Waals surface area contributed by atoms with Crippen molar-refractivity contribution in [2.24, 2.45) is 5.92 Å². The standard InChI is InChI=1S/C15H17BrO3/c1-3-12-4-5-13(17-2)15(14(12)16)19-10-11-6-8-18-9-7-11/h1,4-5,11H,6-10H2,2H3. The highest BCUT2D eigenvalue weighted by Gasteiger charge is 2.18. The lowest BCUT2D eigenvalue weighted by Crippen LogP contribution is -2.21. The third-order valence-electron chi connectivity index (χ3n) is 3.24. The van der Waals surface area contributed by atoms with Crippen molar-refractivity contribution in [2.45, 2.75) is 12.8 Å². The quantitative estimate of drug-likeness (QED) is 0.796. The Morgan fingerprint density at radius 1 is 1.42 bits per heavy atom. The lowest BCUT2D eigenvalue weighted by molar-refractivity contribution is 0.0492. The summed E-state index contributed by atoms with van der Waals surface area (Å²) in [5.74, 6) is 4.53. The topological polar surface area (TPSA) is 27.7 Å². The predicted molar refractivity (Wildman–Crippen MR) is 77.7 cm³/mol. The van der Waals surface area contributed by atoms with Crippen LogP contribution in [0.4, 0.5) is 0 Å². The molecule has 0 bridgehead atoms. The van der Waals surface area contributed by atoms with Gasteiger partial charge in [0, 0.05) is 18.8 Å². The Morgan fingerprint density at radius 3 is 2.79 bits per heavy atom. The molecular formula is C15H17BrO3. The molecule has 1 aliphatic rings. The Labute approximate surface area is 122 Å². The monoisotopic (exact) mass is 324 g/mol. The zero-order valence-corrected chi connectivity index (χ0v) is 12.5. The summed E-state index contributed by atoms with van der Waals surface area (Å²) in [6.45, 7) is 2.29. The minimum absolute atomic E-state index is 0.528. The van der Waals surface area contributed by atoms with Crippen LogP contribution in [0.1, 0.15) is 18.4 Å². The molecule has 0 N–H and O–H groups in total. The van der Waals surface area contributed by atoms with Crippen molar-refractivity contribution in [3.05, 3.63) is 22.2 Å². The molecule has 0 atom stereocenters. The van der Waals surface area contributed by atoms with Crippen molar-refractivity contribution in [3.8, 4) is 23.8 Å². The zero-order valence-electron chi connectivity index (χ0n) is 10.9. The molecule has 3 nitrogen and oxygen atoms in total. The Kier molecular flexibility index (Phi) is 5.12. The molecule has 102 valence electrons. The maximum Gasteiger partial charge on any atom is 0.176 e. The number of methoxy groups -OCH3 is 1. The summed E-state index contributed by atoms with van der Waals surface area (Å²) < 4.78 is 17.4. The summed E-state index contributed by atoms with van der Waals surface area (Å²) in [4.78, 5) is 0. The van der Waals surface area contributed by atoms with Crippen LogP contribution in [0.15, 0.2) is 16.6 Å². The van der Waals surface area contributed by atoms with E-state index in [-0.39, 0.29) is 0 Å².